The van der Waals surface area contributed by atoms with Crippen molar-refractivity contribution in [3.05, 3.63) is 65.7 Å². The standard InChI is InChI=1S/C27H32N2O3/c28-25(30)24(29-26(31)27-14-20-10-21(15-27)12-22(11-20)16-27)13-18-6-8-23(9-7-18)32-17-19-4-2-1-3-5-19/h1-9,20-22,24H,10-17H2,(H2,28,30)(H,29,31)/t20?,21?,22?,24-,27?/m1/s1. The molecule has 4 bridgehead atoms. The van der Waals surface area contributed by atoms with Gasteiger partial charge in [0, 0.05) is 11.8 Å². The van der Waals surface area contributed by atoms with E-state index in [1.54, 1.807) is 0 Å². The number of ether oxygens (including phenoxy) is 1. The second-order valence-corrected chi connectivity index (χ2v) is 10.2. The second-order valence-electron chi connectivity index (χ2n) is 10.2. The fraction of sp³-hybridized carbons (Fsp3) is 0.481. The summed E-state index contributed by atoms with van der Waals surface area (Å²) in [7, 11) is 0. The van der Waals surface area contributed by atoms with E-state index in [0.717, 1.165) is 36.1 Å². The molecule has 0 heterocycles. The number of amides is 2. The van der Waals surface area contributed by atoms with Crippen LogP contribution < -0.4 is 15.8 Å². The highest BCUT2D eigenvalue weighted by molar-refractivity contribution is 5.90. The quantitative estimate of drug-likeness (QED) is 0.662. The molecule has 3 N–H and O–H groups in total. The number of carbonyl (C=O) groups excluding carboxylic acids is 2. The normalized spacial score (nSPS) is 28.8. The molecule has 0 saturated heterocycles. The minimum absolute atomic E-state index is 0.0446. The summed E-state index contributed by atoms with van der Waals surface area (Å²) in [6, 6.07) is 17.0. The van der Waals surface area contributed by atoms with Gasteiger partial charge in [0.1, 0.15) is 18.4 Å². The third-order valence-electron chi connectivity index (χ3n) is 7.78. The lowest BCUT2D eigenvalue weighted by Crippen LogP contribution is -2.57. The average Bonchev–Trinajstić information content (AvgIpc) is 2.78. The molecule has 5 nitrogen and oxygen atoms in total. The maximum Gasteiger partial charge on any atom is 0.240 e. The number of rotatable bonds is 8. The molecule has 2 aromatic carbocycles. The minimum Gasteiger partial charge on any atom is -0.489 e. The van der Waals surface area contributed by atoms with E-state index in [2.05, 4.69) is 5.32 Å². The van der Waals surface area contributed by atoms with Crippen LogP contribution in [0.2, 0.25) is 0 Å². The molecule has 0 radical (unpaired) electrons. The highest BCUT2D eigenvalue weighted by Crippen LogP contribution is 2.60. The Hall–Kier alpha value is -2.82. The number of benzene rings is 2. The Morgan fingerprint density at radius 3 is 2.06 bits per heavy atom. The molecule has 168 valence electrons. The molecule has 0 aliphatic heterocycles. The summed E-state index contributed by atoms with van der Waals surface area (Å²) in [6.45, 7) is 0.505. The lowest BCUT2D eigenvalue weighted by Gasteiger charge is -2.55. The lowest BCUT2D eigenvalue weighted by atomic mass is 9.49. The van der Waals surface area contributed by atoms with E-state index >= 15 is 0 Å². The van der Waals surface area contributed by atoms with Crippen molar-refractivity contribution < 1.29 is 14.3 Å². The third kappa shape index (κ3) is 4.38. The van der Waals surface area contributed by atoms with Crippen LogP contribution in [0.25, 0.3) is 0 Å². The minimum atomic E-state index is -0.688. The fourth-order valence-electron chi connectivity index (χ4n) is 6.62. The van der Waals surface area contributed by atoms with Gasteiger partial charge in [0.25, 0.3) is 0 Å². The van der Waals surface area contributed by atoms with Crippen LogP contribution in [0.4, 0.5) is 0 Å². The van der Waals surface area contributed by atoms with Gasteiger partial charge in [-0.25, -0.2) is 0 Å². The zero-order valence-corrected chi connectivity index (χ0v) is 18.5. The van der Waals surface area contributed by atoms with Gasteiger partial charge in [-0.3, -0.25) is 9.59 Å². The van der Waals surface area contributed by atoms with Gasteiger partial charge in [-0.15, -0.1) is 0 Å². The van der Waals surface area contributed by atoms with Gasteiger partial charge < -0.3 is 15.8 Å². The van der Waals surface area contributed by atoms with E-state index in [1.165, 1.54) is 19.3 Å². The highest BCUT2D eigenvalue weighted by Gasteiger charge is 2.54. The fourth-order valence-corrected chi connectivity index (χ4v) is 6.62. The molecular formula is C27H32N2O3. The number of primary amides is 1. The Labute approximate surface area is 189 Å². The average molecular weight is 433 g/mol. The van der Waals surface area contributed by atoms with E-state index in [4.69, 9.17) is 10.5 Å². The van der Waals surface area contributed by atoms with Crippen LogP contribution in [0.3, 0.4) is 0 Å². The molecule has 6 rings (SSSR count). The van der Waals surface area contributed by atoms with Crippen LogP contribution in [-0.2, 0) is 22.6 Å². The van der Waals surface area contributed by atoms with Gasteiger partial charge in [0.05, 0.1) is 0 Å². The van der Waals surface area contributed by atoms with Crippen LogP contribution in [0.15, 0.2) is 54.6 Å². The Bertz CT molecular complexity index is 935. The van der Waals surface area contributed by atoms with Gasteiger partial charge in [-0.1, -0.05) is 42.5 Å². The Morgan fingerprint density at radius 2 is 1.50 bits per heavy atom. The zero-order valence-electron chi connectivity index (χ0n) is 18.5. The Balaban J connectivity index is 1.20. The first kappa shape index (κ1) is 21.0. The van der Waals surface area contributed by atoms with Gasteiger partial charge in [0.15, 0.2) is 0 Å². The summed E-state index contributed by atoms with van der Waals surface area (Å²) in [6.07, 6.45) is 7.17. The van der Waals surface area contributed by atoms with E-state index in [9.17, 15) is 9.59 Å². The number of nitrogens with one attached hydrogen (secondary N) is 1. The second kappa shape index (κ2) is 8.61. The van der Waals surface area contributed by atoms with E-state index in [0.29, 0.717) is 30.8 Å². The smallest absolute Gasteiger partial charge is 0.240 e. The first-order valence-corrected chi connectivity index (χ1v) is 11.8. The molecule has 4 saturated carbocycles. The third-order valence-corrected chi connectivity index (χ3v) is 7.78. The topological polar surface area (TPSA) is 81.4 Å². The van der Waals surface area contributed by atoms with Crippen molar-refractivity contribution in [2.24, 2.45) is 28.9 Å². The van der Waals surface area contributed by atoms with Crippen LogP contribution >= 0.6 is 0 Å². The summed E-state index contributed by atoms with van der Waals surface area (Å²) in [5, 5.41) is 3.04. The zero-order chi connectivity index (χ0) is 22.1. The van der Waals surface area contributed by atoms with E-state index < -0.39 is 11.9 Å². The monoisotopic (exact) mass is 432 g/mol. The summed E-state index contributed by atoms with van der Waals surface area (Å²) in [5.74, 6) is 2.38. The summed E-state index contributed by atoms with van der Waals surface area (Å²) in [4.78, 5) is 25.5. The van der Waals surface area contributed by atoms with Gasteiger partial charge in [0.2, 0.25) is 11.8 Å². The lowest BCUT2D eigenvalue weighted by molar-refractivity contribution is -0.148. The molecule has 32 heavy (non-hydrogen) atoms. The molecule has 2 aromatic rings. The van der Waals surface area contributed by atoms with E-state index in [1.807, 2.05) is 54.6 Å². The van der Waals surface area contributed by atoms with Crippen molar-refractivity contribution in [1.29, 1.82) is 0 Å². The first-order valence-electron chi connectivity index (χ1n) is 11.8. The predicted molar refractivity (Wildman–Crippen MR) is 123 cm³/mol. The molecule has 0 unspecified atom stereocenters. The molecule has 4 aliphatic rings. The molecule has 4 fully saturated rings. The molecule has 0 aromatic heterocycles. The summed E-state index contributed by atoms with van der Waals surface area (Å²) >= 11 is 0. The Kier molecular flexibility index (Phi) is 5.66. The molecule has 0 spiro atoms. The van der Waals surface area contributed by atoms with Crippen molar-refractivity contribution in [1.82, 2.24) is 5.32 Å². The number of carbonyl (C=O) groups is 2. The maximum atomic E-state index is 13.3. The molecule has 2 amide bonds. The van der Waals surface area contributed by atoms with E-state index in [-0.39, 0.29) is 11.3 Å². The van der Waals surface area contributed by atoms with Crippen LogP contribution in [-0.4, -0.2) is 17.9 Å². The molecule has 1 atom stereocenters. The summed E-state index contributed by atoms with van der Waals surface area (Å²) in [5.41, 5.74) is 7.47. The Morgan fingerprint density at radius 1 is 0.906 bits per heavy atom. The van der Waals surface area contributed by atoms with Crippen LogP contribution in [0, 0.1) is 23.2 Å². The van der Waals surface area contributed by atoms with Gasteiger partial charge >= 0.3 is 0 Å². The van der Waals surface area contributed by atoms with Gasteiger partial charge in [-0.05, 0) is 79.5 Å². The SMILES string of the molecule is NC(=O)[C@@H](Cc1ccc(OCc2ccccc2)cc1)NC(=O)C12CC3CC(CC(C3)C1)C2. The maximum absolute atomic E-state index is 13.3. The number of nitrogens with two attached hydrogens (primary N) is 1. The first-order chi connectivity index (χ1) is 15.5. The van der Waals surface area contributed by atoms with Crippen molar-refractivity contribution >= 4 is 11.8 Å². The largest absolute Gasteiger partial charge is 0.489 e. The van der Waals surface area contributed by atoms with Gasteiger partial charge in [-0.2, -0.15) is 0 Å². The number of hydrogen-bond donors (Lipinski definition) is 2. The molecular weight excluding hydrogens is 400 g/mol. The van der Waals surface area contributed by atoms with Crippen LogP contribution in [0.1, 0.15) is 49.7 Å². The van der Waals surface area contributed by atoms with Crippen molar-refractivity contribution in [2.75, 3.05) is 0 Å². The van der Waals surface area contributed by atoms with Crippen molar-refractivity contribution in [2.45, 2.75) is 57.6 Å². The van der Waals surface area contributed by atoms with Crippen LogP contribution in [0.5, 0.6) is 5.75 Å². The number of hydrogen-bond acceptors (Lipinski definition) is 3. The molecule has 5 heteroatoms. The van der Waals surface area contributed by atoms with Crippen molar-refractivity contribution in [3.8, 4) is 5.75 Å². The van der Waals surface area contributed by atoms with Crippen molar-refractivity contribution in [3.63, 3.8) is 0 Å². The summed E-state index contributed by atoms with van der Waals surface area (Å²) < 4.78 is 5.84. The predicted octanol–water partition coefficient (Wildman–Crippen LogP) is 3.99. The molecule has 4 aliphatic carbocycles. The highest BCUT2D eigenvalue weighted by atomic mass is 16.5.